The molecule has 0 bridgehead atoms. The quantitative estimate of drug-likeness (QED) is 0.880. The van der Waals surface area contributed by atoms with Crippen molar-refractivity contribution in [3.8, 4) is 12.1 Å². The molecule has 0 fully saturated rings. The van der Waals surface area contributed by atoms with Crippen molar-refractivity contribution < 1.29 is 13.2 Å². The minimum Gasteiger partial charge on any atom is -0.383 e. The maximum Gasteiger partial charge on any atom is 0.416 e. The molecule has 0 atom stereocenters. The molecular weight excluding hydrogens is 279 g/mol. The van der Waals surface area contributed by atoms with Crippen molar-refractivity contribution in [2.45, 2.75) is 32.9 Å². The zero-order valence-corrected chi connectivity index (χ0v) is 11.9. The van der Waals surface area contributed by atoms with E-state index in [1.807, 2.05) is 13.8 Å². The molecule has 0 radical (unpaired) electrons. The molecule has 0 unspecified atom stereocenters. The van der Waals surface area contributed by atoms with E-state index in [0.717, 1.165) is 12.1 Å². The van der Waals surface area contributed by atoms with E-state index < -0.39 is 11.7 Å². The Kier molecular flexibility index (Phi) is 5.21. The molecule has 6 heteroatoms. The molecule has 1 N–H and O–H groups in total. The van der Waals surface area contributed by atoms with Gasteiger partial charge in [-0.3, -0.25) is 0 Å². The van der Waals surface area contributed by atoms with Gasteiger partial charge in [0.05, 0.1) is 22.9 Å². The summed E-state index contributed by atoms with van der Waals surface area (Å²) >= 11 is 0. The minimum atomic E-state index is -4.46. The first-order valence-corrected chi connectivity index (χ1v) is 6.42. The van der Waals surface area contributed by atoms with Gasteiger partial charge in [-0.05, 0) is 30.0 Å². The lowest BCUT2D eigenvalue weighted by Crippen LogP contribution is -2.23. The van der Waals surface area contributed by atoms with Crippen LogP contribution in [0.5, 0.6) is 0 Å². The average Bonchev–Trinajstić information content (AvgIpc) is 2.42. The van der Waals surface area contributed by atoms with E-state index >= 15 is 0 Å². The third-order valence-corrected chi connectivity index (χ3v) is 3.14. The van der Waals surface area contributed by atoms with E-state index in [0.29, 0.717) is 25.1 Å². The number of halogens is 3. The number of nitriles is 2. The fourth-order valence-electron chi connectivity index (χ4n) is 1.78. The highest BCUT2D eigenvalue weighted by Gasteiger charge is 2.31. The number of nitrogens with zero attached hydrogens (tertiary/aromatic N) is 2. The van der Waals surface area contributed by atoms with Crippen molar-refractivity contribution in [1.82, 2.24) is 0 Å². The molecule has 0 saturated heterocycles. The van der Waals surface area contributed by atoms with Gasteiger partial charge < -0.3 is 5.32 Å². The lowest BCUT2D eigenvalue weighted by atomic mass is 9.88. The number of hydrogen-bond acceptors (Lipinski definition) is 3. The number of alkyl halides is 3. The fourth-order valence-corrected chi connectivity index (χ4v) is 1.78. The van der Waals surface area contributed by atoms with Gasteiger partial charge in [0.1, 0.15) is 6.07 Å². The first kappa shape index (κ1) is 16.8. The second-order valence-corrected chi connectivity index (χ2v) is 5.55. The minimum absolute atomic E-state index is 0.0408. The smallest absolute Gasteiger partial charge is 0.383 e. The topological polar surface area (TPSA) is 59.6 Å². The Morgan fingerprint density at radius 2 is 1.86 bits per heavy atom. The fraction of sp³-hybridized carbons (Fsp3) is 0.467. The molecular formula is C15H16F3N3. The monoisotopic (exact) mass is 295 g/mol. The highest BCUT2D eigenvalue weighted by atomic mass is 19.4. The molecule has 0 heterocycles. The van der Waals surface area contributed by atoms with Crippen LogP contribution in [0.1, 0.15) is 37.8 Å². The highest BCUT2D eigenvalue weighted by molar-refractivity contribution is 5.59. The Morgan fingerprint density at radius 1 is 1.19 bits per heavy atom. The standard InChI is InChI=1S/C15H16F3N3/c1-14(2,6-3-7-19)10-21-13-5-4-12(15(16,17)18)8-11(13)9-20/h4-5,8,21H,3,6,10H2,1-2H3. The largest absolute Gasteiger partial charge is 0.416 e. The molecule has 21 heavy (non-hydrogen) atoms. The van der Waals surface area contributed by atoms with Crippen LogP contribution in [0.2, 0.25) is 0 Å². The second-order valence-electron chi connectivity index (χ2n) is 5.55. The maximum absolute atomic E-state index is 12.6. The maximum atomic E-state index is 12.6. The third-order valence-electron chi connectivity index (χ3n) is 3.14. The lowest BCUT2D eigenvalue weighted by Gasteiger charge is -2.24. The van der Waals surface area contributed by atoms with Gasteiger partial charge in [-0.2, -0.15) is 23.7 Å². The zero-order chi connectivity index (χ0) is 16.1. The summed E-state index contributed by atoms with van der Waals surface area (Å²) in [6.45, 7) is 4.37. The van der Waals surface area contributed by atoms with Crippen LogP contribution in [0.4, 0.5) is 18.9 Å². The first-order valence-electron chi connectivity index (χ1n) is 6.42. The summed E-state index contributed by atoms with van der Waals surface area (Å²) in [6.07, 6.45) is -3.39. The van der Waals surface area contributed by atoms with Gasteiger partial charge in [0.2, 0.25) is 0 Å². The van der Waals surface area contributed by atoms with Gasteiger partial charge in [-0.25, -0.2) is 0 Å². The van der Waals surface area contributed by atoms with Crippen LogP contribution in [0.3, 0.4) is 0 Å². The summed E-state index contributed by atoms with van der Waals surface area (Å²) in [5, 5.41) is 20.6. The third kappa shape index (κ3) is 5.00. The molecule has 1 aromatic rings. The number of benzene rings is 1. The van der Waals surface area contributed by atoms with Crippen molar-refractivity contribution >= 4 is 5.69 Å². The molecule has 0 aliphatic heterocycles. The molecule has 0 aliphatic carbocycles. The summed E-state index contributed by atoms with van der Waals surface area (Å²) in [4.78, 5) is 0. The van der Waals surface area contributed by atoms with E-state index in [2.05, 4.69) is 11.4 Å². The van der Waals surface area contributed by atoms with E-state index in [1.54, 1.807) is 6.07 Å². The Labute approximate surface area is 122 Å². The predicted octanol–water partition coefficient (Wildman–Crippen LogP) is 4.32. The summed E-state index contributed by atoms with van der Waals surface area (Å²) < 4.78 is 37.8. The molecule has 3 nitrogen and oxygen atoms in total. The Bertz CT molecular complexity index is 577. The van der Waals surface area contributed by atoms with Crippen LogP contribution in [0.25, 0.3) is 0 Å². The van der Waals surface area contributed by atoms with Crippen molar-refractivity contribution in [2.24, 2.45) is 5.41 Å². The van der Waals surface area contributed by atoms with Gasteiger partial charge in [-0.1, -0.05) is 13.8 Å². The van der Waals surface area contributed by atoms with E-state index in [9.17, 15) is 13.2 Å². The van der Waals surface area contributed by atoms with E-state index in [1.165, 1.54) is 6.07 Å². The Morgan fingerprint density at radius 3 is 2.38 bits per heavy atom. The molecule has 0 aromatic heterocycles. The van der Waals surface area contributed by atoms with E-state index in [-0.39, 0.29) is 11.0 Å². The molecule has 0 amide bonds. The van der Waals surface area contributed by atoms with Gasteiger partial charge >= 0.3 is 6.18 Å². The Hall–Kier alpha value is -2.21. The van der Waals surface area contributed by atoms with Crippen LogP contribution in [-0.4, -0.2) is 6.54 Å². The van der Waals surface area contributed by atoms with Gasteiger partial charge in [-0.15, -0.1) is 0 Å². The van der Waals surface area contributed by atoms with Crippen LogP contribution in [0, 0.1) is 28.1 Å². The second kappa shape index (κ2) is 6.49. The molecule has 1 aromatic carbocycles. The molecule has 0 saturated carbocycles. The number of rotatable bonds is 5. The van der Waals surface area contributed by atoms with E-state index in [4.69, 9.17) is 10.5 Å². The summed E-state index contributed by atoms with van der Waals surface area (Å²) in [6, 6.07) is 6.89. The van der Waals surface area contributed by atoms with Crippen LogP contribution in [0.15, 0.2) is 18.2 Å². The average molecular weight is 295 g/mol. The van der Waals surface area contributed by atoms with Crippen molar-refractivity contribution in [3.05, 3.63) is 29.3 Å². The van der Waals surface area contributed by atoms with Crippen molar-refractivity contribution in [3.63, 3.8) is 0 Å². The highest BCUT2D eigenvalue weighted by Crippen LogP contribution is 2.32. The number of hydrogen-bond donors (Lipinski definition) is 1. The molecule has 0 spiro atoms. The zero-order valence-electron chi connectivity index (χ0n) is 11.9. The summed E-state index contributed by atoms with van der Waals surface area (Å²) in [5.74, 6) is 0. The SMILES string of the molecule is CC(C)(CCC#N)CNc1ccc(C(F)(F)F)cc1C#N. The number of nitrogens with one attached hydrogen (secondary N) is 1. The normalized spacial score (nSPS) is 11.6. The van der Waals surface area contributed by atoms with Gasteiger partial charge in [0, 0.05) is 13.0 Å². The predicted molar refractivity (Wildman–Crippen MR) is 73.3 cm³/mol. The molecule has 0 aliphatic rings. The molecule has 1 rings (SSSR count). The number of anilines is 1. The lowest BCUT2D eigenvalue weighted by molar-refractivity contribution is -0.137. The summed E-state index contributed by atoms with van der Waals surface area (Å²) in [7, 11) is 0. The van der Waals surface area contributed by atoms with Crippen molar-refractivity contribution in [1.29, 1.82) is 10.5 Å². The summed E-state index contributed by atoms with van der Waals surface area (Å²) in [5.41, 5.74) is -0.699. The van der Waals surface area contributed by atoms with Crippen molar-refractivity contribution in [2.75, 3.05) is 11.9 Å². The van der Waals surface area contributed by atoms with Crippen LogP contribution >= 0.6 is 0 Å². The molecule has 112 valence electrons. The van der Waals surface area contributed by atoms with Gasteiger partial charge in [0.15, 0.2) is 0 Å². The van der Waals surface area contributed by atoms with Crippen LogP contribution < -0.4 is 5.32 Å². The first-order chi connectivity index (χ1) is 9.69. The van der Waals surface area contributed by atoms with Gasteiger partial charge in [0.25, 0.3) is 0 Å². The van der Waals surface area contributed by atoms with Crippen LogP contribution in [-0.2, 0) is 6.18 Å². The Balaban J connectivity index is 2.86.